The minimum Gasteiger partial charge on any atom is -0.507 e. The maximum Gasteiger partial charge on any atom is 0.335 e. The Hall–Kier alpha value is -3.08. The molecule has 1 fully saturated rings. The Balaban J connectivity index is 1.70. The summed E-state index contributed by atoms with van der Waals surface area (Å²) in [4.78, 5) is 23.1. The van der Waals surface area contributed by atoms with Crippen LogP contribution >= 0.6 is 0 Å². The van der Waals surface area contributed by atoms with Gasteiger partial charge in [-0.1, -0.05) is 42.5 Å². The first-order chi connectivity index (χ1) is 14.9. The first-order valence-electron chi connectivity index (χ1n) is 10.8. The van der Waals surface area contributed by atoms with E-state index in [1.54, 1.807) is 24.3 Å². The third kappa shape index (κ3) is 6.71. The van der Waals surface area contributed by atoms with Gasteiger partial charge in [0.15, 0.2) is 0 Å². The van der Waals surface area contributed by atoms with Crippen LogP contribution in [-0.2, 0) is 16.0 Å². The van der Waals surface area contributed by atoms with Crippen LogP contribution in [0.25, 0.3) is 6.08 Å². The summed E-state index contributed by atoms with van der Waals surface area (Å²) in [6.45, 7) is 2.24. The van der Waals surface area contributed by atoms with Crippen molar-refractivity contribution >= 4 is 18.0 Å². The molecule has 0 aliphatic heterocycles. The van der Waals surface area contributed by atoms with Crippen molar-refractivity contribution in [2.24, 2.45) is 11.3 Å². The van der Waals surface area contributed by atoms with E-state index in [0.717, 1.165) is 43.2 Å². The maximum atomic E-state index is 12.0. The Morgan fingerprint density at radius 1 is 1.13 bits per heavy atom. The predicted molar refractivity (Wildman–Crippen MR) is 120 cm³/mol. The molecular weight excluding hydrogens is 392 g/mol. The number of phenols is 1. The summed E-state index contributed by atoms with van der Waals surface area (Å²) in [7, 11) is 0. The summed E-state index contributed by atoms with van der Waals surface area (Å²) >= 11 is 0. The molecule has 0 radical (unpaired) electrons. The number of aromatic hydroxyl groups is 1. The fourth-order valence-corrected chi connectivity index (χ4v) is 3.92. The van der Waals surface area contributed by atoms with Gasteiger partial charge < -0.3 is 14.9 Å². The van der Waals surface area contributed by atoms with Gasteiger partial charge in [-0.2, -0.15) is 0 Å². The Labute approximate surface area is 183 Å². The number of hydrogen-bond donors (Lipinski definition) is 2. The molecule has 3 rings (SSSR count). The molecule has 0 bridgehead atoms. The van der Waals surface area contributed by atoms with E-state index in [2.05, 4.69) is 6.08 Å². The number of hydrogen-bond acceptors (Lipinski definition) is 4. The number of rotatable bonds is 11. The van der Waals surface area contributed by atoms with Crippen LogP contribution in [0.4, 0.5) is 0 Å². The monoisotopic (exact) mass is 422 g/mol. The molecule has 0 saturated heterocycles. The van der Waals surface area contributed by atoms with Gasteiger partial charge in [-0.15, -0.1) is 0 Å². The van der Waals surface area contributed by atoms with E-state index in [9.17, 15) is 14.7 Å². The number of benzene rings is 2. The summed E-state index contributed by atoms with van der Waals surface area (Å²) in [5.74, 6) is -0.609. The summed E-state index contributed by atoms with van der Waals surface area (Å²) in [6.07, 6.45) is 9.24. The van der Waals surface area contributed by atoms with Crippen LogP contribution in [0.15, 0.2) is 54.6 Å². The van der Waals surface area contributed by atoms with Crippen LogP contribution in [0.2, 0.25) is 0 Å². The van der Waals surface area contributed by atoms with Crippen molar-refractivity contribution in [1.29, 1.82) is 0 Å². The average molecular weight is 423 g/mol. The minimum atomic E-state index is -0.933. The van der Waals surface area contributed by atoms with E-state index in [4.69, 9.17) is 9.84 Å². The standard InChI is InChI=1S/C26H30O5/c1-2-31-24(28)18-26(15-16-26)14-13-20(7-10-21-5-3-4-6-23(21)27)17-19-8-11-22(12-9-19)25(29)30/h3-12,20,27H,2,13-18H2,1H3,(H,29,30). The first-order valence-corrected chi connectivity index (χ1v) is 10.8. The van der Waals surface area contributed by atoms with Gasteiger partial charge in [0.05, 0.1) is 18.6 Å². The van der Waals surface area contributed by atoms with E-state index in [-0.39, 0.29) is 28.6 Å². The number of carbonyl (C=O) groups excluding carboxylic acids is 1. The van der Waals surface area contributed by atoms with E-state index in [1.807, 2.05) is 37.3 Å². The van der Waals surface area contributed by atoms with Crippen molar-refractivity contribution < 1.29 is 24.5 Å². The molecule has 0 heterocycles. The van der Waals surface area contributed by atoms with Gasteiger partial charge in [0, 0.05) is 5.56 Å². The summed E-state index contributed by atoms with van der Waals surface area (Å²) in [5, 5.41) is 19.2. The van der Waals surface area contributed by atoms with Crippen LogP contribution in [0.5, 0.6) is 5.75 Å². The lowest BCUT2D eigenvalue weighted by atomic mass is 9.87. The van der Waals surface area contributed by atoms with Crippen molar-refractivity contribution in [2.75, 3.05) is 6.61 Å². The number of carboxylic acid groups (broad SMARTS) is 1. The zero-order chi connectivity index (χ0) is 22.3. The third-order valence-electron chi connectivity index (χ3n) is 6.01. The van der Waals surface area contributed by atoms with Gasteiger partial charge in [-0.3, -0.25) is 4.79 Å². The minimum absolute atomic E-state index is 0.0559. The highest BCUT2D eigenvalue weighted by molar-refractivity contribution is 5.87. The largest absolute Gasteiger partial charge is 0.507 e. The summed E-state index contributed by atoms with van der Waals surface area (Å²) in [5.41, 5.74) is 2.16. The highest BCUT2D eigenvalue weighted by Crippen LogP contribution is 2.53. The van der Waals surface area contributed by atoms with Gasteiger partial charge in [-0.25, -0.2) is 4.79 Å². The van der Waals surface area contributed by atoms with Crippen molar-refractivity contribution in [3.8, 4) is 5.75 Å². The SMILES string of the molecule is CCOC(=O)CC1(CCC(C=Cc2ccccc2O)Cc2ccc(C(=O)O)cc2)CC1. The number of phenolic OH excluding ortho intramolecular Hbond substituents is 1. The molecule has 5 nitrogen and oxygen atoms in total. The number of ether oxygens (including phenoxy) is 1. The van der Waals surface area contributed by atoms with Gasteiger partial charge in [-0.05, 0) is 74.1 Å². The lowest BCUT2D eigenvalue weighted by Gasteiger charge is -2.19. The molecule has 31 heavy (non-hydrogen) atoms. The van der Waals surface area contributed by atoms with E-state index < -0.39 is 5.97 Å². The zero-order valence-corrected chi connectivity index (χ0v) is 17.9. The molecular formula is C26H30O5. The zero-order valence-electron chi connectivity index (χ0n) is 17.9. The first kappa shape index (κ1) is 22.6. The molecule has 1 atom stereocenters. The van der Waals surface area contributed by atoms with E-state index >= 15 is 0 Å². The Morgan fingerprint density at radius 2 is 1.84 bits per heavy atom. The van der Waals surface area contributed by atoms with Crippen molar-refractivity contribution in [1.82, 2.24) is 0 Å². The number of carboxylic acids is 1. The summed E-state index contributed by atoms with van der Waals surface area (Å²) in [6, 6.07) is 14.2. The molecule has 2 aromatic carbocycles. The lowest BCUT2D eigenvalue weighted by molar-refractivity contribution is -0.144. The molecule has 0 spiro atoms. The Bertz CT molecular complexity index is 925. The quantitative estimate of drug-likeness (QED) is 0.469. The van der Waals surface area contributed by atoms with Gasteiger partial charge in [0.2, 0.25) is 0 Å². The van der Waals surface area contributed by atoms with E-state index in [0.29, 0.717) is 13.0 Å². The number of esters is 1. The highest BCUT2D eigenvalue weighted by atomic mass is 16.5. The molecule has 1 aliphatic rings. The molecule has 2 aromatic rings. The number of aromatic carboxylic acids is 1. The molecule has 2 N–H and O–H groups in total. The maximum absolute atomic E-state index is 12.0. The van der Waals surface area contributed by atoms with Crippen LogP contribution in [0, 0.1) is 11.3 Å². The van der Waals surface area contributed by atoms with Gasteiger partial charge in [0.1, 0.15) is 5.75 Å². The predicted octanol–water partition coefficient (Wildman–Crippen LogP) is 5.48. The Kier molecular flexibility index (Phi) is 7.50. The molecule has 1 saturated carbocycles. The molecule has 1 unspecified atom stereocenters. The molecule has 0 aromatic heterocycles. The smallest absolute Gasteiger partial charge is 0.335 e. The fraction of sp³-hybridized carbons (Fsp3) is 0.385. The molecule has 1 aliphatic carbocycles. The number of allylic oxidation sites excluding steroid dienone is 1. The van der Waals surface area contributed by atoms with Crippen LogP contribution in [-0.4, -0.2) is 28.8 Å². The average Bonchev–Trinajstić information content (AvgIpc) is 3.51. The van der Waals surface area contributed by atoms with Crippen molar-refractivity contribution in [3.05, 3.63) is 71.3 Å². The molecule has 0 amide bonds. The second-order valence-electron chi connectivity index (χ2n) is 8.40. The summed E-state index contributed by atoms with van der Waals surface area (Å²) < 4.78 is 5.14. The third-order valence-corrected chi connectivity index (χ3v) is 6.01. The van der Waals surface area contributed by atoms with Crippen molar-refractivity contribution in [2.45, 2.75) is 45.4 Å². The van der Waals surface area contributed by atoms with Crippen LogP contribution < -0.4 is 0 Å². The van der Waals surface area contributed by atoms with Crippen LogP contribution in [0.3, 0.4) is 0 Å². The number of para-hydroxylation sites is 1. The Morgan fingerprint density at radius 3 is 2.45 bits per heavy atom. The van der Waals surface area contributed by atoms with Gasteiger partial charge in [0.25, 0.3) is 0 Å². The second-order valence-corrected chi connectivity index (χ2v) is 8.40. The van der Waals surface area contributed by atoms with E-state index in [1.165, 1.54) is 0 Å². The topological polar surface area (TPSA) is 83.8 Å². The number of carbonyl (C=O) groups is 2. The molecule has 164 valence electrons. The van der Waals surface area contributed by atoms with Gasteiger partial charge >= 0.3 is 11.9 Å². The fourth-order valence-electron chi connectivity index (χ4n) is 3.92. The van der Waals surface area contributed by atoms with Crippen LogP contribution in [0.1, 0.15) is 60.5 Å². The lowest BCUT2D eigenvalue weighted by Crippen LogP contribution is -2.14. The van der Waals surface area contributed by atoms with Crippen molar-refractivity contribution in [3.63, 3.8) is 0 Å². The molecule has 5 heteroatoms. The highest BCUT2D eigenvalue weighted by Gasteiger charge is 2.44. The normalized spacial score (nSPS) is 15.5. The second kappa shape index (κ2) is 10.3.